The number of ether oxygens (including phenoxy) is 2. The lowest BCUT2D eigenvalue weighted by molar-refractivity contribution is -0.0104. The van der Waals surface area contributed by atoms with Crippen molar-refractivity contribution in [3.05, 3.63) is 36.0 Å². The maximum Gasteiger partial charge on any atom is 0.234 e. The van der Waals surface area contributed by atoms with E-state index in [2.05, 4.69) is 52.4 Å². The number of aryl methyl sites for hydroxylation is 1. The number of hydrogen-bond donors (Lipinski definition) is 0. The molecule has 2 bridgehead atoms. The Morgan fingerprint density at radius 1 is 0.912 bits per heavy atom. The van der Waals surface area contributed by atoms with Gasteiger partial charge >= 0.3 is 0 Å². The van der Waals surface area contributed by atoms with Gasteiger partial charge in [0.25, 0.3) is 0 Å². The summed E-state index contributed by atoms with van der Waals surface area (Å²) in [5.41, 5.74) is 3.38. The molecule has 1 saturated carbocycles. The van der Waals surface area contributed by atoms with Crippen LogP contribution in [0, 0.1) is 5.92 Å². The van der Waals surface area contributed by atoms with Crippen LogP contribution >= 0.6 is 24.8 Å². The van der Waals surface area contributed by atoms with Crippen molar-refractivity contribution in [1.82, 2.24) is 15.1 Å². The molecule has 3 saturated heterocycles. The molecule has 4 aliphatic rings. The molecule has 1 atom stereocenters. The van der Waals surface area contributed by atoms with Crippen LogP contribution in [0.2, 0.25) is 0 Å². The molecule has 1 aromatic heterocycles. The van der Waals surface area contributed by atoms with Crippen LogP contribution in [0.5, 0.6) is 11.6 Å². The van der Waals surface area contributed by atoms with Gasteiger partial charge in [0.05, 0.1) is 11.8 Å². The molecule has 0 radical (unpaired) electrons. The molecule has 0 spiro atoms. The number of nitrogens with zero attached hydrogens (tertiary/aromatic N) is 3. The molecule has 1 unspecified atom stereocenters. The summed E-state index contributed by atoms with van der Waals surface area (Å²) in [7, 11) is 0. The van der Waals surface area contributed by atoms with E-state index in [1.807, 2.05) is 0 Å². The lowest BCUT2D eigenvalue weighted by Crippen LogP contribution is -2.52. The molecule has 3 aliphatic heterocycles. The van der Waals surface area contributed by atoms with Crippen LogP contribution in [-0.4, -0.2) is 46.9 Å². The Morgan fingerprint density at radius 2 is 1.65 bits per heavy atom. The van der Waals surface area contributed by atoms with Crippen molar-refractivity contribution < 1.29 is 9.47 Å². The predicted molar refractivity (Wildman–Crippen MR) is 142 cm³/mol. The fraction of sp³-hybridized carbons (Fsp3) is 0.630. The third-order valence-electron chi connectivity index (χ3n) is 7.50. The van der Waals surface area contributed by atoms with Gasteiger partial charge in [0, 0.05) is 18.2 Å². The van der Waals surface area contributed by atoms with E-state index in [9.17, 15) is 0 Å². The molecule has 34 heavy (non-hydrogen) atoms. The second-order valence-electron chi connectivity index (χ2n) is 9.84. The number of fused-ring (bicyclic) bond motifs is 3. The highest BCUT2D eigenvalue weighted by Gasteiger charge is 2.35. The highest BCUT2D eigenvalue weighted by Crippen LogP contribution is 2.33. The first-order valence-electron chi connectivity index (χ1n) is 12.8. The van der Waals surface area contributed by atoms with E-state index < -0.39 is 0 Å². The maximum absolute atomic E-state index is 6.40. The van der Waals surface area contributed by atoms with E-state index in [-0.39, 0.29) is 30.9 Å². The van der Waals surface area contributed by atoms with E-state index in [0.29, 0.717) is 17.9 Å². The van der Waals surface area contributed by atoms with Crippen LogP contribution in [0.4, 0.5) is 0 Å². The summed E-state index contributed by atoms with van der Waals surface area (Å²) in [6, 6.07) is 10.7. The fourth-order valence-electron chi connectivity index (χ4n) is 5.52. The van der Waals surface area contributed by atoms with Crippen LogP contribution in [0.3, 0.4) is 0 Å². The van der Waals surface area contributed by atoms with Gasteiger partial charge in [-0.3, -0.25) is 4.90 Å². The average Bonchev–Trinajstić information content (AvgIpc) is 2.85. The molecular weight excluding hydrogens is 469 g/mol. The normalized spacial score (nSPS) is 24.1. The maximum atomic E-state index is 6.40. The molecule has 7 heteroatoms. The van der Waals surface area contributed by atoms with Gasteiger partial charge in [0.2, 0.25) is 5.88 Å². The van der Waals surface area contributed by atoms with E-state index >= 15 is 0 Å². The quantitative estimate of drug-likeness (QED) is 0.407. The summed E-state index contributed by atoms with van der Waals surface area (Å²) in [4.78, 5) is 2.51. The Balaban J connectivity index is 0.00000162. The van der Waals surface area contributed by atoms with Crippen molar-refractivity contribution in [3.63, 3.8) is 0 Å². The van der Waals surface area contributed by atoms with Crippen LogP contribution in [0.15, 0.2) is 30.3 Å². The standard InChI is InChI=1S/C27H37N3O2.2ClH/c1-2-3-9-25-24(20-10-12-23(13-11-20)31-22-7-5-4-6-8-22)18-27(29-28-25)32-26-19-30-16-14-21(26)15-17-30;;/h10-13,18,21-22,26H,2-9,14-17,19H2,1H3;2*1H. The summed E-state index contributed by atoms with van der Waals surface area (Å²) in [6.07, 6.45) is 12.6. The first-order chi connectivity index (χ1) is 15.8. The number of hydrogen-bond acceptors (Lipinski definition) is 5. The molecule has 6 rings (SSSR count). The first kappa shape index (κ1) is 27.0. The van der Waals surface area contributed by atoms with Gasteiger partial charge in [-0.15, -0.1) is 29.9 Å². The molecule has 0 N–H and O–H groups in total. The number of rotatable bonds is 8. The Kier molecular flexibility index (Phi) is 10.3. The van der Waals surface area contributed by atoms with Crippen LogP contribution < -0.4 is 9.47 Å². The number of halogens is 2. The summed E-state index contributed by atoms with van der Waals surface area (Å²) in [6.45, 7) is 5.67. The monoisotopic (exact) mass is 507 g/mol. The highest BCUT2D eigenvalue weighted by molar-refractivity contribution is 5.85. The molecular formula is C27H39Cl2N3O2. The van der Waals surface area contributed by atoms with Crippen LogP contribution in [0.1, 0.15) is 70.4 Å². The van der Waals surface area contributed by atoms with Gasteiger partial charge in [-0.2, -0.15) is 5.10 Å². The van der Waals surface area contributed by atoms with E-state index in [1.165, 1.54) is 63.6 Å². The minimum absolute atomic E-state index is 0. The van der Waals surface area contributed by atoms with Crippen molar-refractivity contribution >= 4 is 24.8 Å². The second-order valence-corrected chi connectivity index (χ2v) is 9.84. The molecule has 1 aliphatic carbocycles. The van der Waals surface area contributed by atoms with Crippen molar-refractivity contribution in [1.29, 1.82) is 0 Å². The Labute approximate surface area is 216 Å². The molecule has 1 aromatic carbocycles. The topological polar surface area (TPSA) is 47.5 Å². The van der Waals surface area contributed by atoms with Crippen molar-refractivity contribution in [2.24, 2.45) is 5.92 Å². The minimum atomic E-state index is 0. The number of unbranched alkanes of at least 4 members (excludes halogenated alkanes) is 1. The van der Waals surface area contributed by atoms with Crippen LogP contribution in [-0.2, 0) is 6.42 Å². The molecule has 4 heterocycles. The molecule has 188 valence electrons. The Hall–Kier alpha value is -1.56. The average molecular weight is 509 g/mol. The van der Waals surface area contributed by atoms with Crippen molar-refractivity contribution in [3.8, 4) is 22.8 Å². The number of benzene rings is 1. The second kappa shape index (κ2) is 12.9. The molecule has 0 amide bonds. The SMILES string of the molecule is CCCCc1nnc(OC2CN3CCC2CC3)cc1-c1ccc(OC2CCCCC2)cc1.Cl.Cl. The first-order valence-corrected chi connectivity index (χ1v) is 12.8. The van der Waals surface area contributed by atoms with Crippen molar-refractivity contribution in [2.45, 2.75) is 83.3 Å². The summed E-state index contributed by atoms with van der Waals surface area (Å²) >= 11 is 0. The van der Waals surface area contributed by atoms with Gasteiger partial charge in [-0.25, -0.2) is 0 Å². The van der Waals surface area contributed by atoms with E-state index in [4.69, 9.17) is 9.47 Å². The summed E-state index contributed by atoms with van der Waals surface area (Å²) < 4.78 is 12.6. The van der Waals surface area contributed by atoms with Gasteiger partial charge in [0.1, 0.15) is 11.9 Å². The molecule has 2 aromatic rings. The Morgan fingerprint density at radius 3 is 2.29 bits per heavy atom. The number of piperidine rings is 3. The third-order valence-corrected chi connectivity index (χ3v) is 7.50. The molecule has 5 nitrogen and oxygen atoms in total. The number of aromatic nitrogens is 2. The minimum Gasteiger partial charge on any atom is -0.490 e. The van der Waals surface area contributed by atoms with Gasteiger partial charge in [-0.1, -0.05) is 31.9 Å². The zero-order valence-electron chi connectivity index (χ0n) is 20.3. The zero-order chi connectivity index (χ0) is 21.8. The van der Waals surface area contributed by atoms with Crippen LogP contribution in [0.25, 0.3) is 11.1 Å². The summed E-state index contributed by atoms with van der Waals surface area (Å²) in [5, 5.41) is 9.09. The van der Waals surface area contributed by atoms with E-state index in [0.717, 1.165) is 42.8 Å². The third kappa shape index (κ3) is 6.56. The van der Waals surface area contributed by atoms with E-state index in [1.54, 1.807) is 0 Å². The van der Waals surface area contributed by atoms with Gasteiger partial charge in [0.15, 0.2) is 0 Å². The predicted octanol–water partition coefficient (Wildman–Crippen LogP) is 6.51. The smallest absolute Gasteiger partial charge is 0.234 e. The zero-order valence-corrected chi connectivity index (χ0v) is 21.9. The lowest BCUT2D eigenvalue weighted by atomic mass is 9.86. The fourth-order valence-corrected chi connectivity index (χ4v) is 5.52. The lowest BCUT2D eigenvalue weighted by Gasteiger charge is -2.44. The largest absolute Gasteiger partial charge is 0.490 e. The van der Waals surface area contributed by atoms with Crippen molar-refractivity contribution in [2.75, 3.05) is 19.6 Å². The Bertz CT molecular complexity index is 882. The van der Waals surface area contributed by atoms with Gasteiger partial charge in [-0.05, 0) is 88.1 Å². The molecule has 4 fully saturated rings. The van der Waals surface area contributed by atoms with Gasteiger partial charge < -0.3 is 9.47 Å². The highest BCUT2D eigenvalue weighted by atomic mass is 35.5. The summed E-state index contributed by atoms with van der Waals surface area (Å²) in [5.74, 6) is 2.30.